The predicted molar refractivity (Wildman–Crippen MR) is 111 cm³/mol. The van der Waals surface area contributed by atoms with E-state index >= 15 is 0 Å². The van der Waals surface area contributed by atoms with Crippen LogP contribution in [0.25, 0.3) is 0 Å². The van der Waals surface area contributed by atoms with Crippen LogP contribution in [0.2, 0.25) is 37.8 Å². The highest BCUT2D eigenvalue weighted by molar-refractivity contribution is 6.74. The highest BCUT2D eigenvalue weighted by Crippen LogP contribution is 2.43. The van der Waals surface area contributed by atoms with Crippen LogP contribution in [-0.4, -0.2) is 48.6 Å². The van der Waals surface area contributed by atoms with Gasteiger partial charge in [0.1, 0.15) is 0 Å². The SMILES string of the molecule is COC(=O)C#CC[C@@H](C)[C@@](O[Si](C)(C)C)(O[Si](C)(C)C(C)(C)C)C(=O)OC. The van der Waals surface area contributed by atoms with Gasteiger partial charge in [-0.1, -0.05) is 33.6 Å². The molecule has 6 nitrogen and oxygen atoms in total. The molecule has 2 atom stereocenters. The van der Waals surface area contributed by atoms with Crippen LogP contribution in [0.5, 0.6) is 0 Å². The maximum Gasteiger partial charge on any atom is 0.384 e. The molecule has 0 rings (SSSR count). The molecule has 27 heavy (non-hydrogen) atoms. The van der Waals surface area contributed by atoms with Gasteiger partial charge in [-0.3, -0.25) is 0 Å². The second-order valence-corrected chi connectivity index (χ2v) is 18.3. The van der Waals surface area contributed by atoms with Gasteiger partial charge in [-0.2, -0.15) is 0 Å². The Hall–Kier alpha value is -1.15. The average Bonchev–Trinajstić information content (AvgIpc) is 2.50. The molecule has 0 aromatic rings. The molecular formula is C19H36O6Si2. The zero-order chi connectivity index (χ0) is 21.7. The average molecular weight is 417 g/mol. The number of methoxy groups -OCH3 is 2. The highest BCUT2D eigenvalue weighted by atomic mass is 28.4. The summed E-state index contributed by atoms with van der Waals surface area (Å²) in [5.74, 6) is 1.97. The van der Waals surface area contributed by atoms with E-state index in [1.807, 2.05) is 26.6 Å². The number of hydrogen-bond acceptors (Lipinski definition) is 6. The molecule has 0 radical (unpaired) electrons. The van der Waals surface area contributed by atoms with Gasteiger partial charge in [0.15, 0.2) is 16.6 Å². The number of ether oxygens (including phenoxy) is 2. The Kier molecular flexibility index (Phi) is 8.97. The molecule has 0 saturated heterocycles. The maximum atomic E-state index is 12.9. The van der Waals surface area contributed by atoms with Crippen molar-refractivity contribution in [2.24, 2.45) is 5.92 Å². The fourth-order valence-electron chi connectivity index (χ4n) is 2.10. The Morgan fingerprint density at radius 3 is 1.85 bits per heavy atom. The topological polar surface area (TPSA) is 71.1 Å². The first-order chi connectivity index (χ1) is 12.0. The Bertz CT molecular complexity index is 592. The molecule has 0 aliphatic carbocycles. The van der Waals surface area contributed by atoms with E-state index in [0.717, 1.165) is 0 Å². The van der Waals surface area contributed by atoms with Crippen molar-refractivity contribution in [2.75, 3.05) is 14.2 Å². The van der Waals surface area contributed by atoms with Crippen LogP contribution in [0.1, 0.15) is 34.1 Å². The smallest absolute Gasteiger partial charge is 0.384 e. The molecule has 8 heteroatoms. The molecule has 0 bridgehead atoms. The Morgan fingerprint density at radius 1 is 0.963 bits per heavy atom. The zero-order valence-corrected chi connectivity index (χ0v) is 20.7. The maximum absolute atomic E-state index is 12.9. The molecule has 0 aliphatic heterocycles. The van der Waals surface area contributed by atoms with Gasteiger partial charge in [-0.05, 0) is 37.8 Å². The molecule has 0 aromatic carbocycles. The molecule has 156 valence electrons. The summed E-state index contributed by atoms with van der Waals surface area (Å²) < 4.78 is 22.5. The van der Waals surface area contributed by atoms with Crippen LogP contribution >= 0.6 is 0 Å². The van der Waals surface area contributed by atoms with Crippen molar-refractivity contribution in [1.82, 2.24) is 0 Å². The monoisotopic (exact) mass is 416 g/mol. The number of hydrogen-bond donors (Lipinski definition) is 0. The van der Waals surface area contributed by atoms with Crippen LogP contribution in [0.4, 0.5) is 0 Å². The second-order valence-electron chi connectivity index (χ2n) is 9.13. The summed E-state index contributed by atoms with van der Waals surface area (Å²) >= 11 is 0. The van der Waals surface area contributed by atoms with E-state index in [0.29, 0.717) is 0 Å². The lowest BCUT2D eigenvalue weighted by Gasteiger charge is -2.48. The fraction of sp³-hybridized carbons (Fsp3) is 0.789. The number of carbonyl (C=O) groups is 2. The third-order valence-electron chi connectivity index (χ3n) is 4.57. The summed E-state index contributed by atoms with van der Waals surface area (Å²) in [5.41, 5.74) is 0. The summed E-state index contributed by atoms with van der Waals surface area (Å²) in [6, 6.07) is 0. The van der Waals surface area contributed by atoms with E-state index in [-0.39, 0.29) is 11.5 Å². The van der Waals surface area contributed by atoms with Crippen LogP contribution in [0.3, 0.4) is 0 Å². The predicted octanol–water partition coefficient (Wildman–Crippen LogP) is 3.93. The fourth-order valence-corrected chi connectivity index (χ4v) is 4.81. The van der Waals surface area contributed by atoms with Gasteiger partial charge in [-0.25, -0.2) is 9.59 Å². The summed E-state index contributed by atoms with van der Waals surface area (Å²) in [4.78, 5) is 24.2. The summed E-state index contributed by atoms with van der Waals surface area (Å²) in [5, 5.41) is -0.132. The zero-order valence-electron chi connectivity index (χ0n) is 18.7. The van der Waals surface area contributed by atoms with Crippen molar-refractivity contribution in [3.05, 3.63) is 0 Å². The molecule has 0 fully saturated rings. The van der Waals surface area contributed by atoms with Crippen LogP contribution in [0.15, 0.2) is 0 Å². The van der Waals surface area contributed by atoms with E-state index in [9.17, 15) is 9.59 Å². The van der Waals surface area contributed by atoms with Crippen molar-refractivity contribution in [2.45, 2.75) is 77.7 Å². The van der Waals surface area contributed by atoms with Crippen molar-refractivity contribution in [3.63, 3.8) is 0 Å². The van der Waals surface area contributed by atoms with E-state index in [2.05, 4.69) is 50.4 Å². The third kappa shape index (κ3) is 7.41. The van der Waals surface area contributed by atoms with Crippen LogP contribution in [0, 0.1) is 17.8 Å². The van der Waals surface area contributed by atoms with Crippen molar-refractivity contribution >= 4 is 28.6 Å². The first-order valence-electron chi connectivity index (χ1n) is 9.08. The Balaban J connectivity index is 6.18. The summed E-state index contributed by atoms with van der Waals surface area (Å²) in [6.07, 6.45) is 0.225. The Morgan fingerprint density at radius 2 is 1.48 bits per heavy atom. The van der Waals surface area contributed by atoms with E-state index in [1.54, 1.807) is 0 Å². The molecule has 0 saturated carbocycles. The van der Waals surface area contributed by atoms with E-state index in [1.165, 1.54) is 14.2 Å². The van der Waals surface area contributed by atoms with Crippen LogP contribution < -0.4 is 0 Å². The molecule has 0 N–H and O–H groups in total. The minimum atomic E-state index is -2.39. The first kappa shape index (κ1) is 25.9. The molecule has 0 aromatic heterocycles. The molecule has 0 spiro atoms. The van der Waals surface area contributed by atoms with Gasteiger partial charge in [0.2, 0.25) is 0 Å². The lowest BCUT2D eigenvalue weighted by atomic mass is 9.97. The lowest BCUT2D eigenvalue weighted by molar-refractivity contribution is -0.208. The minimum absolute atomic E-state index is 0.132. The minimum Gasteiger partial charge on any atom is -0.465 e. The van der Waals surface area contributed by atoms with Gasteiger partial charge >= 0.3 is 11.9 Å². The van der Waals surface area contributed by atoms with Gasteiger partial charge in [0.25, 0.3) is 5.79 Å². The third-order valence-corrected chi connectivity index (χ3v) is 9.92. The van der Waals surface area contributed by atoms with E-state index < -0.39 is 40.3 Å². The van der Waals surface area contributed by atoms with Gasteiger partial charge in [0.05, 0.1) is 14.2 Å². The largest absolute Gasteiger partial charge is 0.465 e. The quantitative estimate of drug-likeness (QED) is 0.206. The second kappa shape index (κ2) is 9.37. The van der Waals surface area contributed by atoms with Crippen molar-refractivity contribution < 1.29 is 27.9 Å². The molecule has 0 unspecified atom stereocenters. The Labute approximate surface area is 166 Å². The number of rotatable bonds is 7. The van der Waals surface area contributed by atoms with E-state index in [4.69, 9.17) is 13.6 Å². The van der Waals surface area contributed by atoms with Gasteiger partial charge in [0, 0.05) is 18.3 Å². The highest BCUT2D eigenvalue weighted by Gasteiger charge is 2.55. The molecule has 0 amide bonds. The summed E-state index contributed by atoms with van der Waals surface area (Å²) in [7, 11) is -2.00. The van der Waals surface area contributed by atoms with Gasteiger partial charge < -0.3 is 18.3 Å². The first-order valence-corrected chi connectivity index (χ1v) is 15.4. The number of esters is 2. The molecular weight excluding hydrogens is 380 g/mol. The van der Waals surface area contributed by atoms with Crippen molar-refractivity contribution in [1.29, 1.82) is 0 Å². The normalized spacial score (nSPS) is 15.8. The molecule has 0 heterocycles. The summed E-state index contributed by atoms with van der Waals surface area (Å²) in [6.45, 7) is 18.2. The standard InChI is InChI=1S/C19H36O6Si2/c1-15(13-12-14-16(20)22-5)19(17(21)23-6,24-26(7,8)9)25-27(10,11)18(2,3)4/h15H,13H2,1-11H3/t15-,19-/m1/s1. The number of carbonyl (C=O) groups excluding carboxylic acids is 2. The van der Waals surface area contributed by atoms with Crippen LogP contribution in [-0.2, 0) is 27.9 Å². The van der Waals surface area contributed by atoms with Crippen molar-refractivity contribution in [3.8, 4) is 11.8 Å². The molecule has 0 aliphatic rings. The lowest BCUT2D eigenvalue weighted by Crippen LogP contribution is -2.61. The van der Waals surface area contributed by atoms with Gasteiger partial charge in [-0.15, -0.1) is 0 Å².